The Labute approximate surface area is 171 Å². The van der Waals surface area contributed by atoms with Gasteiger partial charge in [0.25, 0.3) is 0 Å². The molecule has 0 unspecified atom stereocenters. The highest BCUT2D eigenvalue weighted by atomic mass is 19.4. The van der Waals surface area contributed by atoms with Crippen LogP contribution in [0.3, 0.4) is 0 Å². The first kappa shape index (κ1) is 21.6. The molecule has 0 aliphatic carbocycles. The number of aryl methyl sites for hydroxylation is 1. The van der Waals surface area contributed by atoms with Gasteiger partial charge in [-0.25, -0.2) is 4.79 Å². The van der Waals surface area contributed by atoms with E-state index in [1.165, 1.54) is 18.2 Å². The highest BCUT2D eigenvalue weighted by Gasteiger charge is 2.30. The average molecular weight is 418 g/mol. The lowest BCUT2D eigenvalue weighted by Crippen LogP contribution is -2.11. The van der Waals surface area contributed by atoms with Crippen LogP contribution in [0.4, 0.5) is 13.2 Å². The van der Waals surface area contributed by atoms with Crippen molar-refractivity contribution in [2.75, 3.05) is 0 Å². The number of carbonyl (C=O) groups excluding carboxylic acids is 1. The molecule has 7 heteroatoms. The normalized spacial score (nSPS) is 11.8. The van der Waals surface area contributed by atoms with Crippen LogP contribution in [0, 0.1) is 6.92 Å². The van der Waals surface area contributed by atoms with E-state index < -0.39 is 23.3 Å². The number of alkyl halides is 3. The van der Waals surface area contributed by atoms with Gasteiger partial charge in [-0.1, -0.05) is 32.0 Å². The lowest BCUT2D eigenvalue weighted by atomic mass is 9.95. The molecule has 158 valence electrons. The van der Waals surface area contributed by atoms with Crippen LogP contribution < -0.4 is 5.63 Å². The number of esters is 1. The van der Waals surface area contributed by atoms with E-state index in [1.807, 2.05) is 26.8 Å². The first-order valence-electron chi connectivity index (χ1n) is 9.43. The molecule has 3 aromatic rings. The smallest absolute Gasteiger partial charge is 0.416 e. The van der Waals surface area contributed by atoms with E-state index in [2.05, 4.69) is 0 Å². The third kappa shape index (κ3) is 4.90. The fourth-order valence-corrected chi connectivity index (χ4v) is 3.37. The molecule has 3 rings (SSSR count). The van der Waals surface area contributed by atoms with E-state index in [0.29, 0.717) is 16.5 Å². The minimum Gasteiger partial charge on any atom is -0.461 e. The molecule has 30 heavy (non-hydrogen) atoms. The topological polar surface area (TPSA) is 56.5 Å². The molecule has 0 radical (unpaired) electrons. The molecule has 1 aromatic heterocycles. The Bertz CT molecular complexity index is 1140. The van der Waals surface area contributed by atoms with Crippen molar-refractivity contribution in [3.8, 4) is 0 Å². The summed E-state index contributed by atoms with van der Waals surface area (Å²) in [5.74, 6) is -0.440. The Morgan fingerprint density at radius 3 is 2.53 bits per heavy atom. The largest absolute Gasteiger partial charge is 0.461 e. The van der Waals surface area contributed by atoms with Gasteiger partial charge in [0.15, 0.2) is 0 Å². The van der Waals surface area contributed by atoms with Crippen molar-refractivity contribution in [1.29, 1.82) is 0 Å². The van der Waals surface area contributed by atoms with Crippen molar-refractivity contribution in [3.63, 3.8) is 0 Å². The second-order valence-corrected chi connectivity index (χ2v) is 7.49. The Hall–Kier alpha value is -3.09. The summed E-state index contributed by atoms with van der Waals surface area (Å²) in [5, 5.41) is 0.663. The quantitative estimate of drug-likeness (QED) is 0.404. The van der Waals surface area contributed by atoms with Crippen LogP contribution in [0.2, 0.25) is 0 Å². The number of hydrogen-bond donors (Lipinski definition) is 0. The maximum absolute atomic E-state index is 12.8. The molecule has 0 saturated carbocycles. The molecular formula is C23H21F3O4. The Kier molecular flexibility index (Phi) is 6.01. The van der Waals surface area contributed by atoms with Crippen LogP contribution in [-0.2, 0) is 28.7 Å². The number of benzene rings is 2. The van der Waals surface area contributed by atoms with Crippen LogP contribution in [0.1, 0.15) is 47.6 Å². The average Bonchev–Trinajstić information content (AvgIpc) is 2.64. The monoisotopic (exact) mass is 418 g/mol. The highest BCUT2D eigenvalue weighted by molar-refractivity contribution is 5.82. The van der Waals surface area contributed by atoms with E-state index in [9.17, 15) is 22.8 Å². The maximum atomic E-state index is 12.8. The molecule has 0 spiro atoms. The second-order valence-electron chi connectivity index (χ2n) is 7.49. The van der Waals surface area contributed by atoms with Gasteiger partial charge in [0.05, 0.1) is 12.0 Å². The van der Waals surface area contributed by atoms with E-state index in [0.717, 1.165) is 23.3 Å². The minimum atomic E-state index is -4.48. The summed E-state index contributed by atoms with van der Waals surface area (Å²) in [6, 6.07) is 9.50. The summed E-state index contributed by atoms with van der Waals surface area (Å²) >= 11 is 0. The van der Waals surface area contributed by atoms with Crippen LogP contribution >= 0.6 is 0 Å². The lowest BCUT2D eigenvalue weighted by molar-refractivity contribution is -0.144. The minimum absolute atomic E-state index is 0.180. The number of hydrogen-bond acceptors (Lipinski definition) is 4. The molecule has 4 nitrogen and oxygen atoms in total. The standard InChI is InChI=1S/C23H21F3O4/c1-13(2)18-11-19-16(10-22(28)30-20(19)7-14(18)3)12-29-21(27)9-15-5-4-6-17(8-15)23(24,25)26/h4-8,10-11,13H,9,12H2,1-3H3. The molecule has 0 saturated heterocycles. The molecule has 0 N–H and O–H groups in total. The summed E-state index contributed by atoms with van der Waals surface area (Å²) < 4.78 is 49.0. The summed E-state index contributed by atoms with van der Waals surface area (Å²) in [6.45, 7) is 5.83. The van der Waals surface area contributed by atoms with Gasteiger partial charge in [-0.15, -0.1) is 0 Å². The lowest BCUT2D eigenvalue weighted by Gasteiger charge is -2.13. The molecule has 0 atom stereocenters. The fraction of sp³-hybridized carbons (Fsp3) is 0.304. The molecule has 0 aliphatic heterocycles. The Balaban J connectivity index is 1.81. The zero-order chi connectivity index (χ0) is 22.1. The van der Waals surface area contributed by atoms with Gasteiger partial charge >= 0.3 is 17.8 Å². The highest BCUT2D eigenvalue weighted by Crippen LogP contribution is 2.30. The molecule has 0 aliphatic rings. The van der Waals surface area contributed by atoms with Crippen molar-refractivity contribution >= 4 is 16.9 Å². The number of rotatable bonds is 5. The van der Waals surface area contributed by atoms with Gasteiger partial charge in [-0.2, -0.15) is 13.2 Å². The van der Waals surface area contributed by atoms with E-state index in [1.54, 1.807) is 6.07 Å². The van der Waals surface area contributed by atoms with Gasteiger partial charge in [0.1, 0.15) is 12.2 Å². The van der Waals surface area contributed by atoms with Crippen molar-refractivity contribution in [2.24, 2.45) is 0 Å². The van der Waals surface area contributed by atoms with Gasteiger partial charge in [-0.05, 0) is 47.7 Å². The number of fused-ring (bicyclic) bond motifs is 1. The zero-order valence-electron chi connectivity index (χ0n) is 16.8. The number of ether oxygens (including phenoxy) is 1. The van der Waals surface area contributed by atoms with Crippen LogP contribution in [0.25, 0.3) is 11.0 Å². The number of carbonyl (C=O) groups is 1. The van der Waals surface area contributed by atoms with Crippen LogP contribution in [0.15, 0.2) is 51.7 Å². The van der Waals surface area contributed by atoms with Gasteiger partial charge < -0.3 is 9.15 Å². The fourth-order valence-electron chi connectivity index (χ4n) is 3.37. The SMILES string of the molecule is Cc1cc2oc(=O)cc(COC(=O)Cc3cccc(C(F)(F)F)c3)c2cc1C(C)C. The molecule has 0 amide bonds. The molecule has 0 fully saturated rings. The summed E-state index contributed by atoms with van der Waals surface area (Å²) in [6.07, 6.45) is -4.79. The third-order valence-corrected chi connectivity index (χ3v) is 4.83. The van der Waals surface area contributed by atoms with Gasteiger partial charge in [0, 0.05) is 17.0 Å². The van der Waals surface area contributed by atoms with Crippen LogP contribution in [0.5, 0.6) is 0 Å². The molecule has 2 aromatic carbocycles. The van der Waals surface area contributed by atoms with Gasteiger partial charge in [-0.3, -0.25) is 4.79 Å². The summed E-state index contributed by atoms with van der Waals surface area (Å²) in [5.41, 5.74) is 1.75. The summed E-state index contributed by atoms with van der Waals surface area (Å²) in [4.78, 5) is 24.1. The van der Waals surface area contributed by atoms with Crippen molar-refractivity contribution in [1.82, 2.24) is 0 Å². The molecule has 1 heterocycles. The Morgan fingerprint density at radius 1 is 1.13 bits per heavy atom. The maximum Gasteiger partial charge on any atom is 0.416 e. The van der Waals surface area contributed by atoms with Crippen molar-refractivity contribution in [2.45, 2.75) is 45.9 Å². The molecular weight excluding hydrogens is 397 g/mol. The first-order valence-corrected chi connectivity index (χ1v) is 9.43. The van der Waals surface area contributed by atoms with Gasteiger partial charge in [0.2, 0.25) is 0 Å². The second kappa shape index (κ2) is 8.34. The van der Waals surface area contributed by atoms with E-state index in [4.69, 9.17) is 9.15 Å². The first-order chi connectivity index (χ1) is 14.0. The Morgan fingerprint density at radius 2 is 1.87 bits per heavy atom. The van der Waals surface area contributed by atoms with E-state index in [-0.39, 0.29) is 24.5 Å². The zero-order valence-corrected chi connectivity index (χ0v) is 16.8. The molecule has 0 bridgehead atoms. The van der Waals surface area contributed by atoms with Crippen molar-refractivity contribution < 1.29 is 27.1 Å². The predicted octanol–water partition coefficient (Wildman–Crippen LogP) is 5.53. The van der Waals surface area contributed by atoms with Crippen molar-refractivity contribution in [3.05, 3.63) is 80.7 Å². The predicted molar refractivity (Wildman–Crippen MR) is 106 cm³/mol. The third-order valence-electron chi connectivity index (χ3n) is 4.83. The van der Waals surface area contributed by atoms with Crippen LogP contribution in [-0.4, -0.2) is 5.97 Å². The number of halogens is 3. The summed E-state index contributed by atoms with van der Waals surface area (Å²) in [7, 11) is 0. The van der Waals surface area contributed by atoms with E-state index >= 15 is 0 Å².